The molecule has 0 radical (unpaired) electrons. The third kappa shape index (κ3) is 4.07. The van der Waals surface area contributed by atoms with Crippen molar-refractivity contribution in [2.75, 3.05) is 7.11 Å². The van der Waals surface area contributed by atoms with Crippen LogP contribution < -0.4 is 10.6 Å². The highest BCUT2D eigenvalue weighted by Crippen LogP contribution is 2.14. The van der Waals surface area contributed by atoms with Crippen LogP contribution >= 0.6 is 0 Å². The molecular weight excluding hydrogens is 268 g/mol. The predicted molar refractivity (Wildman–Crippen MR) is 80.3 cm³/mol. The lowest BCUT2D eigenvalue weighted by molar-refractivity contribution is 0.0600. The Morgan fingerprint density at radius 3 is 2.38 bits per heavy atom. The maximum atomic E-state index is 11.3. The molecule has 0 fully saturated rings. The van der Waals surface area contributed by atoms with Crippen molar-refractivity contribution in [3.8, 4) is 5.75 Å². The molecule has 2 N–H and O–H groups in total. The average Bonchev–Trinajstić information content (AvgIpc) is 2.54. The van der Waals surface area contributed by atoms with Crippen molar-refractivity contribution < 1.29 is 14.3 Å². The zero-order valence-corrected chi connectivity index (χ0v) is 11.7. The Morgan fingerprint density at radius 2 is 1.81 bits per heavy atom. The van der Waals surface area contributed by atoms with Crippen LogP contribution in [0.1, 0.15) is 21.5 Å². The Balaban J connectivity index is 1.94. The molecule has 0 saturated carbocycles. The molecule has 5 nitrogen and oxygen atoms in total. The molecule has 0 unspecified atom stereocenters. The molecule has 0 aliphatic carbocycles. The van der Waals surface area contributed by atoms with E-state index in [9.17, 15) is 4.79 Å². The van der Waals surface area contributed by atoms with Crippen molar-refractivity contribution in [3.05, 3.63) is 65.2 Å². The molecule has 0 heterocycles. The van der Waals surface area contributed by atoms with Gasteiger partial charge in [0.2, 0.25) is 0 Å². The quantitative estimate of drug-likeness (QED) is 0.396. The van der Waals surface area contributed by atoms with Gasteiger partial charge in [0.05, 0.1) is 18.9 Å². The SMILES string of the molecule is COC(=O)c1ccc(COc2ccc(/C=N\N)cc2)cc1. The second kappa shape index (κ2) is 7.09. The molecule has 0 aliphatic rings. The van der Waals surface area contributed by atoms with Crippen LogP contribution in [0.5, 0.6) is 5.75 Å². The molecular formula is C16H16N2O3. The van der Waals surface area contributed by atoms with E-state index in [0.717, 1.165) is 16.9 Å². The molecule has 0 bridgehead atoms. The van der Waals surface area contributed by atoms with E-state index in [2.05, 4.69) is 9.84 Å². The molecule has 2 rings (SSSR count). The molecule has 2 aromatic carbocycles. The van der Waals surface area contributed by atoms with E-state index in [0.29, 0.717) is 12.2 Å². The highest BCUT2D eigenvalue weighted by Gasteiger charge is 2.04. The van der Waals surface area contributed by atoms with Gasteiger partial charge in [-0.25, -0.2) is 4.79 Å². The van der Waals surface area contributed by atoms with E-state index >= 15 is 0 Å². The number of methoxy groups -OCH3 is 1. The first-order chi connectivity index (χ1) is 10.2. The fourth-order valence-corrected chi connectivity index (χ4v) is 1.76. The number of carbonyl (C=O) groups excluding carboxylic acids is 1. The minimum atomic E-state index is -0.348. The first kappa shape index (κ1) is 14.6. The van der Waals surface area contributed by atoms with Crippen LogP contribution in [0.2, 0.25) is 0 Å². The normalized spacial score (nSPS) is 10.5. The molecule has 0 aromatic heterocycles. The van der Waals surface area contributed by atoms with Gasteiger partial charge < -0.3 is 15.3 Å². The molecule has 21 heavy (non-hydrogen) atoms. The summed E-state index contributed by atoms with van der Waals surface area (Å²) in [5, 5.41) is 3.46. The minimum Gasteiger partial charge on any atom is -0.489 e. The van der Waals surface area contributed by atoms with E-state index in [4.69, 9.17) is 10.6 Å². The number of esters is 1. The van der Waals surface area contributed by atoms with Crippen molar-refractivity contribution >= 4 is 12.2 Å². The Bertz CT molecular complexity index is 619. The van der Waals surface area contributed by atoms with Gasteiger partial charge in [0.1, 0.15) is 12.4 Å². The lowest BCUT2D eigenvalue weighted by Crippen LogP contribution is -2.02. The topological polar surface area (TPSA) is 73.9 Å². The summed E-state index contributed by atoms with van der Waals surface area (Å²) < 4.78 is 10.3. The Kier molecular flexibility index (Phi) is 4.93. The number of hydrazone groups is 1. The second-order valence-electron chi connectivity index (χ2n) is 4.32. The predicted octanol–water partition coefficient (Wildman–Crippen LogP) is 2.34. The van der Waals surface area contributed by atoms with Crippen LogP contribution in [0.25, 0.3) is 0 Å². The lowest BCUT2D eigenvalue weighted by atomic mass is 10.1. The Morgan fingerprint density at radius 1 is 1.14 bits per heavy atom. The van der Waals surface area contributed by atoms with Crippen LogP contribution in [-0.4, -0.2) is 19.3 Å². The number of carbonyl (C=O) groups is 1. The van der Waals surface area contributed by atoms with Gasteiger partial charge in [0, 0.05) is 0 Å². The molecule has 0 spiro atoms. The number of ether oxygens (including phenoxy) is 2. The van der Waals surface area contributed by atoms with Crippen molar-refractivity contribution in [1.82, 2.24) is 0 Å². The second-order valence-corrected chi connectivity index (χ2v) is 4.32. The van der Waals surface area contributed by atoms with Gasteiger partial charge in [-0.05, 0) is 47.5 Å². The van der Waals surface area contributed by atoms with E-state index in [1.165, 1.54) is 7.11 Å². The van der Waals surface area contributed by atoms with Gasteiger partial charge in [-0.3, -0.25) is 0 Å². The summed E-state index contributed by atoms with van der Waals surface area (Å²) in [7, 11) is 1.36. The van der Waals surface area contributed by atoms with Crippen molar-refractivity contribution in [2.24, 2.45) is 10.9 Å². The minimum absolute atomic E-state index is 0.348. The zero-order chi connectivity index (χ0) is 15.1. The van der Waals surface area contributed by atoms with Crippen LogP contribution in [0.4, 0.5) is 0 Å². The standard InChI is InChI=1S/C16H16N2O3/c1-20-16(19)14-6-2-13(3-7-14)11-21-15-8-4-12(5-9-15)10-18-17/h2-10H,11,17H2,1H3/b18-10-. The molecule has 108 valence electrons. The van der Waals surface area contributed by atoms with Crippen molar-refractivity contribution in [3.63, 3.8) is 0 Å². The molecule has 0 aliphatic heterocycles. The number of hydrogen-bond donors (Lipinski definition) is 1. The van der Waals surface area contributed by atoms with Gasteiger partial charge in [0.15, 0.2) is 0 Å². The summed E-state index contributed by atoms with van der Waals surface area (Å²) in [5.41, 5.74) is 2.40. The fourth-order valence-electron chi connectivity index (χ4n) is 1.76. The number of benzene rings is 2. The van der Waals surface area contributed by atoms with Gasteiger partial charge >= 0.3 is 5.97 Å². The van der Waals surface area contributed by atoms with Crippen molar-refractivity contribution in [2.45, 2.75) is 6.61 Å². The molecule has 2 aromatic rings. The Hall–Kier alpha value is -2.82. The number of nitrogens with zero attached hydrogens (tertiary/aromatic N) is 1. The van der Waals surface area contributed by atoms with E-state index in [1.54, 1.807) is 18.3 Å². The lowest BCUT2D eigenvalue weighted by Gasteiger charge is -2.07. The largest absolute Gasteiger partial charge is 0.489 e. The third-order valence-corrected chi connectivity index (χ3v) is 2.88. The zero-order valence-electron chi connectivity index (χ0n) is 11.7. The molecule has 0 saturated heterocycles. The summed E-state index contributed by atoms with van der Waals surface area (Å²) in [5.74, 6) is 5.49. The first-order valence-electron chi connectivity index (χ1n) is 6.36. The third-order valence-electron chi connectivity index (χ3n) is 2.88. The summed E-state index contributed by atoms with van der Waals surface area (Å²) in [4.78, 5) is 11.3. The van der Waals surface area contributed by atoms with Crippen LogP contribution in [0.3, 0.4) is 0 Å². The van der Waals surface area contributed by atoms with Gasteiger partial charge in [-0.15, -0.1) is 0 Å². The first-order valence-corrected chi connectivity index (χ1v) is 6.36. The molecule has 0 amide bonds. The maximum Gasteiger partial charge on any atom is 0.337 e. The van der Waals surface area contributed by atoms with E-state index in [-0.39, 0.29) is 5.97 Å². The summed E-state index contributed by atoms with van der Waals surface area (Å²) in [6.45, 7) is 0.422. The number of rotatable bonds is 5. The van der Waals surface area contributed by atoms with Crippen LogP contribution in [0.15, 0.2) is 53.6 Å². The smallest absolute Gasteiger partial charge is 0.337 e. The average molecular weight is 284 g/mol. The van der Waals surface area contributed by atoms with Crippen LogP contribution in [-0.2, 0) is 11.3 Å². The monoisotopic (exact) mass is 284 g/mol. The fraction of sp³-hybridized carbons (Fsp3) is 0.125. The highest BCUT2D eigenvalue weighted by atomic mass is 16.5. The van der Waals surface area contributed by atoms with E-state index in [1.807, 2.05) is 36.4 Å². The summed E-state index contributed by atoms with van der Waals surface area (Å²) in [6, 6.07) is 14.5. The van der Waals surface area contributed by atoms with Gasteiger partial charge in [-0.2, -0.15) is 5.10 Å². The summed E-state index contributed by atoms with van der Waals surface area (Å²) in [6.07, 6.45) is 1.56. The van der Waals surface area contributed by atoms with Crippen LogP contribution in [0, 0.1) is 0 Å². The molecule has 5 heteroatoms. The van der Waals surface area contributed by atoms with E-state index < -0.39 is 0 Å². The number of nitrogens with two attached hydrogens (primary N) is 1. The molecule has 0 atom stereocenters. The van der Waals surface area contributed by atoms with Gasteiger partial charge in [-0.1, -0.05) is 12.1 Å². The number of hydrogen-bond acceptors (Lipinski definition) is 5. The highest BCUT2D eigenvalue weighted by molar-refractivity contribution is 5.89. The Labute approximate surface area is 123 Å². The maximum absolute atomic E-state index is 11.3. The summed E-state index contributed by atoms with van der Waals surface area (Å²) >= 11 is 0. The van der Waals surface area contributed by atoms with Crippen molar-refractivity contribution in [1.29, 1.82) is 0 Å². The van der Waals surface area contributed by atoms with Gasteiger partial charge in [0.25, 0.3) is 0 Å².